The van der Waals surface area contributed by atoms with Crippen LogP contribution in [0.2, 0.25) is 0 Å². The number of halogens is 3. The first kappa shape index (κ1) is 15.8. The van der Waals surface area contributed by atoms with Gasteiger partial charge in [0.2, 0.25) is 5.91 Å². The molecule has 0 aliphatic carbocycles. The Morgan fingerprint density at radius 1 is 1.32 bits per heavy atom. The fraction of sp³-hybridized carbons (Fsp3) is 0.417. The van der Waals surface area contributed by atoms with E-state index < -0.39 is 12.8 Å². The van der Waals surface area contributed by atoms with Gasteiger partial charge in [-0.25, -0.2) is 0 Å². The van der Waals surface area contributed by atoms with E-state index in [-0.39, 0.29) is 18.9 Å². The molecule has 1 rings (SSSR count). The molecule has 106 valence electrons. The number of ether oxygens (including phenoxy) is 1. The number of hydrogen-bond donors (Lipinski definition) is 1. The summed E-state index contributed by atoms with van der Waals surface area (Å²) in [6, 6.07) is 7.17. The molecule has 1 N–H and O–H groups in total. The molecule has 0 unspecified atom stereocenters. The van der Waals surface area contributed by atoms with Crippen molar-refractivity contribution in [1.29, 1.82) is 0 Å². The van der Waals surface area contributed by atoms with E-state index in [0.29, 0.717) is 5.69 Å². The van der Waals surface area contributed by atoms with Gasteiger partial charge in [0.05, 0.1) is 13.0 Å². The van der Waals surface area contributed by atoms with Crippen LogP contribution in [-0.4, -0.2) is 31.6 Å². The van der Waals surface area contributed by atoms with Gasteiger partial charge in [-0.1, -0.05) is 0 Å². The van der Waals surface area contributed by atoms with Crippen molar-refractivity contribution in [3.63, 3.8) is 0 Å². The lowest BCUT2D eigenvalue weighted by Crippen LogP contribution is -2.20. The molecular weight excluding hydrogens is 279 g/mol. The topological polar surface area (TPSA) is 38.3 Å². The molecule has 0 heterocycles. The van der Waals surface area contributed by atoms with Gasteiger partial charge < -0.3 is 10.1 Å². The molecule has 3 nitrogen and oxygen atoms in total. The van der Waals surface area contributed by atoms with E-state index in [1.165, 1.54) is 0 Å². The maximum Gasteiger partial charge on any atom is 0.411 e. The van der Waals surface area contributed by atoms with Gasteiger partial charge in [0, 0.05) is 10.6 Å². The van der Waals surface area contributed by atoms with Crippen LogP contribution in [0.4, 0.5) is 18.9 Å². The van der Waals surface area contributed by atoms with Crippen molar-refractivity contribution in [3.05, 3.63) is 24.3 Å². The second kappa shape index (κ2) is 7.40. The van der Waals surface area contributed by atoms with Gasteiger partial charge in [0.1, 0.15) is 6.61 Å². The zero-order valence-electron chi connectivity index (χ0n) is 10.3. The van der Waals surface area contributed by atoms with E-state index in [1.54, 1.807) is 23.9 Å². The molecule has 0 aromatic heterocycles. The Bertz CT molecular complexity index is 406. The number of anilines is 1. The molecular formula is C12H14F3NO2S. The van der Waals surface area contributed by atoms with Crippen LogP contribution in [0.3, 0.4) is 0 Å². The van der Waals surface area contributed by atoms with E-state index in [2.05, 4.69) is 10.1 Å². The van der Waals surface area contributed by atoms with Crippen molar-refractivity contribution in [3.8, 4) is 0 Å². The lowest BCUT2D eigenvalue weighted by Gasteiger charge is -2.08. The first-order valence-electron chi connectivity index (χ1n) is 5.49. The SMILES string of the molecule is CSc1ccc(NC(=O)CCOCC(F)(F)F)cc1. The third-order valence-electron chi connectivity index (χ3n) is 2.11. The first-order chi connectivity index (χ1) is 8.90. The number of thioether (sulfide) groups is 1. The smallest absolute Gasteiger partial charge is 0.372 e. The Kier molecular flexibility index (Phi) is 6.17. The van der Waals surface area contributed by atoms with Crippen LogP contribution >= 0.6 is 11.8 Å². The molecule has 0 bridgehead atoms. The number of hydrogen-bond acceptors (Lipinski definition) is 3. The fourth-order valence-electron chi connectivity index (χ4n) is 1.25. The van der Waals surface area contributed by atoms with Crippen LogP contribution in [0.25, 0.3) is 0 Å². The highest BCUT2D eigenvalue weighted by atomic mass is 32.2. The number of nitrogens with one attached hydrogen (secondary N) is 1. The molecule has 0 spiro atoms. The summed E-state index contributed by atoms with van der Waals surface area (Å²) in [5, 5.41) is 2.58. The van der Waals surface area contributed by atoms with Crippen molar-refractivity contribution < 1.29 is 22.7 Å². The summed E-state index contributed by atoms with van der Waals surface area (Å²) in [5.41, 5.74) is 0.610. The Balaban J connectivity index is 2.27. The molecule has 1 amide bonds. The minimum atomic E-state index is -4.36. The standard InChI is InChI=1S/C12H14F3NO2S/c1-19-10-4-2-9(3-5-10)16-11(17)6-7-18-8-12(13,14)15/h2-5H,6-8H2,1H3,(H,16,17). The number of amides is 1. The Morgan fingerprint density at radius 3 is 2.47 bits per heavy atom. The zero-order chi connectivity index (χ0) is 14.3. The van der Waals surface area contributed by atoms with Crippen molar-refractivity contribution in [2.24, 2.45) is 0 Å². The number of carbonyl (C=O) groups excluding carboxylic acids is 1. The van der Waals surface area contributed by atoms with Crippen molar-refractivity contribution in [2.45, 2.75) is 17.5 Å². The largest absolute Gasteiger partial charge is 0.411 e. The third kappa shape index (κ3) is 7.07. The highest BCUT2D eigenvalue weighted by molar-refractivity contribution is 7.98. The average Bonchev–Trinajstić information content (AvgIpc) is 2.34. The number of benzene rings is 1. The summed E-state index contributed by atoms with van der Waals surface area (Å²) >= 11 is 1.58. The van der Waals surface area contributed by atoms with E-state index >= 15 is 0 Å². The number of rotatable bonds is 6. The van der Waals surface area contributed by atoms with Crippen molar-refractivity contribution in [1.82, 2.24) is 0 Å². The van der Waals surface area contributed by atoms with E-state index in [9.17, 15) is 18.0 Å². The number of alkyl halides is 3. The van der Waals surface area contributed by atoms with Crippen LogP contribution in [-0.2, 0) is 9.53 Å². The Morgan fingerprint density at radius 2 is 1.95 bits per heavy atom. The van der Waals surface area contributed by atoms with Gasteiger partial charge in [-0.3, -0.25) is 4.79 Å². The molecule has 0 saturated carbocycles. The minimum Gasteiger partial charge on any atom is -0.372 e. The van der Waals surface area contributed by atoms with Crippen LogP contribution in [0, 0.1) is 0 Å². The van der Waals surface area contributed by atoms with Crippen LogP contribution in [0.15, 0.2) is 29.2 Å². The van der Waals surface area contributed by atoms with Crippen molar-refractivity contribution in [2.75, 3.05) is 24.8 Å². The minimum absolute atomic E-state index is 0.111. The highest BCUT2D eigenvalue weighted by Crippen LogP contribution is 2.17. The summed E-state index contributed by atoms with van der Waals surface area (Å²) in [7, 11) is 0. The lowest BCUT2D eigenvalue weighted by molar-refractivity contribution is -0.174. The molecule has 0 aliphatic heterocycles. The predicted molar refractivity (Wildman–Crippen MR) is 68.3 cm³/mol. The number of carbonyl (C=O) groups is 1. The second-order valence-electron chi connectivity index (χ2n) is 3.69. The molecule has 0 radical (unpaired) electrons. The van der Waals surface area contributed by atoms with Crippen molar-refractivity contribution >= 4 is 23.4 Å². The predicted octanol–water partition coefficient (Wildman–Crippen LogP) is 3.32. The monoisotopic (exact) mass is 293 g/mol. The second-order valence-corrected chi connectivity index (χ2v) is 4.57. The van der Waals surface area contributed by atoms with E-state index in [4.69, 9.17) is 0 Å². The molecule has 19 heavy (non-hydrogen) atoms. The van der Waals surface area contributed by atoms with Gasteiger partial charge >= 0.3 is 6.18 Å². The van der Waals surface area contributed by atoms with Gasteiger partial charge in [-0.15, -0.1) is 11.8 Å². The molecule has 0 fully saturated rings. The highest BCUT2D eigenvalue weighted by Gasteiger charge is 2.27. The normalized spacial score (nSPS) is 11.4. The maximum atomic E-state index is 11.8. The summed E-state index contributed by atoms with van der Waals surface area (Å²) in [6.45, 7) is -1.59. The summed E-state index contributed by atoms with van der Waals surface area (Å²) in [6.07, 6.45) is -2.53. The van der Waals surface area contributed by atoms with Gasteiger partial charge in [0.25, 0.3) is 0 Å². The average molecular weight is 293 g/mol. The van der Waals surface area contributed by atoms with E-state index in [1.807, 2.05) is 18.4 Å². The summed E-state index contributed by atoms with van der Waals surface area (Å²) < 4.78 is 39.7. The quantitative estimate of drug-likeness (QED) is 0.646. The molecule has 0 saturated heterocycles. The fourth-order valence-corrected chi connectivity index (χ4v) is 1.66. The Hall–Kier alpha value is -1.21. The molecule has 0 atom stereocenters. The lowest BCUT2D eigenvalue weighted by atomic mass is 10.3. The van der Waals surface area contributed by atoms with Crippen LogP contribution in [0.5, 0.6) is 0 Å². The third-order valence-corrected chi connectivity index (χ3v) is 2.86. The molecule has 1 aromatic carbocycles. The van der Waals surface area contributed by atoms with Gasteiger partial charge in [-0.05, 0) is 30.5 Å². The molecule has 7 heteroatoms. The summed E-state index contributed by atoms with van der Waals surface area (Å²) in [4.78, 5) is 12.5. The summed E-state index contributed by atoms with van der Waals surface area (Å²) in [5.74, 6) is -0.376. The Labute approximate surface area is 113 Å². The van der Waals surface area contributed by atoms with E-state index in [0.717, 1.165) is 4.90 Å². The molecule has 0 aliphatic rings. The van der Waals surface area contributed by atoms with Crippen LogP contribution in [0.1, 0.15) is 6.42 Å². The maximum absolute atomic E-state index is 11.8. The van der Waals surface area contributed by atoms with Gasteiger partial charge in [0.15, 0.2) is 0 Å². The zero-order valence-corrected chi connectivity index (χ0v) is 11.1. The molecule has 1 aromatic rings. The van der Waals surface area contributed by atoms with Gasteiger partial charge in [-0.2, -0.15) is 13.2 Å². The first-order valence-corrected chi connectivity index (χ1v) is 6.71. The van der Waals surface area contributed by atoms with Crippen LogP contribution < -0.4 is 5.32 Å².